The summed E-state index contributed by atoms with van der Waals surface area (Å²) in [6, 6.07) is 0.842. The van der Waals surface area contributed by atoms with Crippen LogP contribution in [-0.4, -0.2) is 47.8 Å². The van der Waals surface area contributed by atoms with E-state index in [4.69, 9.17) is 9.26 Å². The molecule has 1 N–H and O–H groups in total. The number of nitrogens with zero attached hydrogens (tertiary/aromatic N) is 1. The number of allylic oxidation sites excluding steroid dienone is 1. The topological polar surface area (TPSA) is 50.8 Å². The van der Waals surface area contributed by atoms with Crippen LogP contribution in [0.25, 0.3) is 0 Å². The van der Waals surface area contributed by atoms with Crippen molar-refractivity contribution in [1.29, 1.82) is 0 Å². The number of hydrogen-bond acceptors (Lipinski definition) is 4. The van der Waals surface area contributed by atoms with Crippen LogP contribution in [-0.2, 0) is 9.26 Å². The molecule has 1 unspecified atom stereocenters. The molecule has 1 atom stereocenters. The second-order valence-corrected chi connectivity index (χ2v) is 8.85. The number of ether oxygens (including phenoxy) is 1. The lowest BCUT2D eigenvalue weighted by Gasteiger charge is -2.37. The molecule has 0 aliphatic rings. The fraction of sp³-hybridized carbons (Fsp3) is 0.824. The first-order valence-corrected chi connectivity index (χ1v) is 9.74. The molecule has 0 aromatic carbocycles. The van der Waals surface area contributed by atoms with Crippen molar-refractivity contribution < 1.29 is 14.1 Å². The van der Waals surface area contributed by atoms with Crippen molar-refractivity contribution in [3.8, 4) is 0 Å². The van der Waals surface area contributed by atoms with E-state index in [1.165, 1.54) is 0 Å². The van der Waals surface area contributed by atoms with Gasteiger partial charge in [-0.25, -0.2) is 4.79 Å². The van der Waals surface area contributed by atoms with E-state index >= 15 is 0 Å². The molecule has 5 nitrogen and oxygen atoms in total. The van der Waals surface area contributed by atoms with Crippen LogP contribution in [0.1, 0.15) is 54.9 Å². The SMILES string of the molecule is C=CCCP(OCCNC(=O)OC(C)(C)C)N(C(C)C)C(C)C. The molecule has 1 amide bonds. The van der Waals surface area contributed by atoms with Crippen molar-refractivity contribution in [2.24, 2.45) is 0 Å². The lowest BCUT2D eigenvalue weighted by molar-refractivity contribution is 0.0520. The number of carbonyl (C=O) groups is 1. The number of amides is 1. The molecule has 6 heteroatoms. The summed E-state index contributed by atoms with van der Waals surface area (Å²) in [5.41, 5.74) is -0.479. The normalized spacial score (nSPS) is 13.5. The predicted octanol–water partition coefficient (Wildman–Crippen LogP) is 4.53. The molecule has 23 heavy (non-hydrogen) atoms. The minimum Gasteiger partial charge on any atom is -0.444 e. The van der Waals surface area contributed by atoms with Gasteiger partial charge in [-0.1, -0.05) is 6.08 Å². The number of rotatable bonds is 10. The maximum atomic E-state index is 11.6. The number of carbonyl (C=O) groups excluding carboxylic acids is 1. The van der Waals surface area contributed by atoms with E-state index in [2.05, 4.69) is 44.3 Å². The molecule has 0 heterocycles. The zero-order chi connectivity index (χ0) is 18.0. The molecule has 0 radical (unpaired) electrons. The van der Waals surface area contributed by atoms with Crippen LogP contribution in [0.4, 0.5) is 4.79 Å². The van der Waals surface area contributed by atoms with Gasteiger partial charge in [0.2, 0.25) is 0 Å². The maximum Gasteiger partial charge on any atom is 0.407 e. The largest absolute Gasteiger partial charge is 0.444 e. The van der Waals surface area contributed by atoms with Gasteiger partial charge in [0.15, 0.2) is 0 Å². The van der Waals surface area contributed by atoms with Crippen LogP contribution in [0.5, 0.6) is 0 Å². The van der Waals surface area contributed by atoms with Crippen LogP contribution in [0.15, 0.2) is 12.7 Å². The van der Waals surface area contributed by atoms with Crippen molar-refractivity contribution in [1.82, 2.24) is 9.99 Å². The van der Waals surface area contributed by atoms with Crippen molar-refractivity contribution >= 4 is 14.4 Å². The Morgan fingerprint density at radius 2 is 1.83 bits per heavy atom. The Morgan fingerprint density at radius 3 is 2.26 bits per heavy atom. The van der Waals surface area contributed by atoms with Crippen molar-refractivity contribution in [2.45, 2.75) is 72.6 Å². The van der Waals surface area contributed by atoms with Crippen LogP contribution >= 0.6 is 8.30 Å². The third-order valence-electron chi connectivity index (χ3n) is 2.85. The van der Waals surface area contributed by atoms with E-state index in [-0.39, 0.29) is 0 Å². The van der Waals surface area contributed by atoms with Gasteiger partial charge in [-0.15, -0.1) is 6.58 Å². The van der Waals surface area contributed by atoms with Crippen molar-refractivity contribution in [3.63, 3.8) is 0 Å². The summed E-state index contributed by atoms with van der Waals surface area (Å²) >= 11 is 0. The van der Waals surface area contributed by atoms with E-state index in [1.54, 1.807) is 0 Å². The first kappa shape index (κ1) is 22.4. The van der Waals surface area contributed by atoms with Crippen molar-refractivity contribution in [2.75, 3.05) is 19.3 Å². The Balaban J connectivity index is 4.40. The Morgan fingerprint density at radius 1 is 1.26 bits per heavy atom. The van der Waals surface area contributed by atoms with Gasteiger partial charge < -0.3 is 14.6 Å². The Hall–Kier alpha value is -0.640. The molecular weight excluding hydrogens is 311 g/mol. The molecule has 136 valence electrons. The smallest absolute Gasteiger partial charge is 0.407 e. The fourth-order valence-electron chi connectivity index (χ4n) is 2.18. The van der Waals surface area contributed by atoms with Gasteiger partial charge in [-0.2, -0.15) is 0 Å². The van der Waals surface area contributed by atoms with Crippen LogP contribution in [0, 0.1) is 0 Å². The molecule has 0 spiro atoms. The molecule has 0 aromatic rings. The summed E-state index contributed by atoms with van der Waals surface area (Å²) in [5, 5.41) is 2.73. The highest BCUT2D eigenvalue weighted by Gasteiger charge is 2.24. The summed E-state index contributed by atoms with van der Waals surface area (Å²) in [6.45, 7) is 19.0. The number of nitrogens with one attached hydrogen (secondary N) is 1. The molecular formula is C17H35N2O3P. The van der Waals surface area contributed by atoms with Gasteiger partial charge in [-0.3, -0.25) is 4.67 Å². The van der Waals surface area contributed by atoms with Crippen LogP contribution in [0.2, 0.25) is 0 Å². The minimum atomic E-state index is -0.697. The summed E-state index contributed by atoms with van der Waals surface area (Å²) in [7, 11) is -0.697. The van der Waals surface area contributed by atoms with Gasteiger partial charge in [-0.05, 0) is 54.9 Å². The van der Waals surface area contributed by atoms with E-state index in [9.17, 15) is 4.79 Å². The third kappa shape index (κ3) is 10.7. The zero-order valence-electron chi connectivity index (χ0n) is 15.9. The summed E-state index contributed by atoms with van der Waals surface area (Å²) < 4.78 is 13.7. The molecule has 0 rings (SSSR count). The Kier molecular flexibility index (Phi) is 10.7. The van der Waals surface area contributed by atoms with Gasteiger partial charge >= 0.3 is 6.09 Å². The highest BCUT2D eigenvalue weighted by atomic mass is 31.2. The van der Waals surface area contributed by atoms with E-state index in [0.717, 1.165) is 12.6 Å². The third-order valence-corrected chi connectivity index (χ3v) is 5.41. The molecule has 0 saturated carbocycles. The van der Waals surface area contributed by atoms with Crippen molar-refractivity contribution in [3.05, 3.63) is 12.7 Å². The van der Waals surface area contributed by atoms with Crippen LogP contribution in [0.3, 0.4) is 0 Å². The second kappa shape index (κ2) is 11.0. The molecule has 0 aromatic heterocycles. The van der Waals surface area contributed by atoms with Crippen LogP contribution < -0.4 is 5.32 Å². The molecule has 0 bridgehead atoms. The second-order valence-electron chi connectivity index (χ2n) is 6.98. The lowest BCUT2D eigenvalue weighted by Crippen LogP contribution is -2.36. The molecule has 0 aliphatic carbocycles. The van der Waals surface area contributed by atoms with E-state index in [1.807, 2.05) is 26.8 Å². The lowest BCUT2D eigenvalue weighted by atomic mass is 10.2. The first-order valence-electron chi connectivity index (χ1n) is 8.35. The Labute approximate surface area is 143 Å². The zero-order valence-corrected chi connectivity index (χ0v) is 16.8. The summed E-state index contributed by atoms with van der Waals surface area (Å²) in [4.78, 5) is 11.6. The highest BCUT2D eigenvalue weighted by Crippen LogP contribution is 2.45. The summed E-state index contributed by atoms with van der Waals surface area (Å²) in [5.74, 6) is 0. The predicted molar refractivity (Wildman–Crippen MR) is 98.9 cm³/mol. The average Bonchev–Trinajstić information content (AvgIpc) is 2.37. The average molecular weight is 346 g/mol. The maximum absolute atomic E-state index is 11.6. The van der Waals surface area contributed by atoms with Gasteiger partial charge in [0.05, 0.1) is 6.61 Å². The fourth-order valence-corrected chi connectivity index (χ4v) is 4.41. The van der Waals surface area contributed by atoms with E-state index in [0.29, 0.717) is 25.2 Å². The highest BCUT2D eigenvalue weighted by molar-refractivity contribution is 7.50. The standard InChI is InChI=1S/C17H35N2O3P/c1-9-10-13-23(19(14(2)3)15(4)5)21-12-11-18-16(20)22-17(6,7)8/h9,14-15H,1,10-13H2,2-8H3,(H,18,20). The van der Waals surface area contributed by atoms with E-state index < -0.39 is 20.0 Å². The minimum absolute atomic E-state index is 0.402. The van der Waals surface area contributed by atoms with Gasteiger partial charge in [0.25, 0.3) is 0 Å². The monoisotopic (exact) mass is 346 g/mol. The first-order chi connectivity index (χ1) is 10.6. The summed E-state index contributed by atoms with van der Waals surface area (Å²) in [6.07, 6.45) is 3.42. The molecule has 0 saturated heterocycles. The number of alkyl carbamates (subject to hydrolysis) is 1. The van der Waals surface area contributed by atoms with Gasteiger partial charge in [0.1, 0.15) is 13.9 Å². The Bertz CT molecular complexity index is 346. The quantitative estimate of drug-likeness (QED) is 0.359. The molecule has 0 fully saturated rings. The van der Waals surface area contributed by atoms with Gasteiger partial charge in [0, 0.05) is 24.8 Å². The molecule has 0 aliphatic heterocycles. The number of hydrogen-bond donors (Lipinski definition) is 1.